The zero-order chi connectivity index (χ0) is 48.1. The van der Waals surface area contributed by atoms with Crippen molar-refractivity contribution in [3.63, 3.8) is 0 Å². The zero-order valence-corrected chi connectivity index (χ0v) is 40.2. The Morgan fingerprint density at radius 2 is 1.80 bits per heavy atom. The van der Waals surface area contributed by atoms with E-state index in [1.807, 2.05) is 30.3 Å². The van der Waals surface area contributed by atoms with Crippen LogP contribution in [0.1, 0.15) is 68.3 Å². The van der Waals surface area contributed by atoms with Gasteiger partial charge in [-0.2, -0.15) is 5.10 Å². The fourth-order valence-corrected chi connectivity index (χ4v) is 11.3. The number of carbonyl (C=O) groups is 1. The minimum atomic E-state index is -4.69. The lowest BCUT2D eigenvalue weighted by Gasteiger charge is -2.39. The number of H-pyrrole nitrogens is 1. The number of allylic oxidation sites excluding steroid dienone is 1. The fraction of sp³-hybridized carbons (Fsp3) is 0.420. The third kappa shape index (κ3) is 9.95. The Hall–Kier alpha value is -5.92. The van der Waals surface area contributed by atoms with E-state index in [0.29, 0.717) is 61.8 Å². The summed E-state index contributed by atoms with van der Waals surface area (Å²) < 4.78 is 58.7. The minimum Gasteiger partial charge on any atom is -0.483 e. The van der Waals surface area contributed by atoms with Crippen molar-refractivity contribution in [3.8, 4) is 11.4 Å². The molecule has 0 spiro atoms. The van der Waals surface area contributed by atoms with Crippen LogP contribution in [0.4, 0.5) is 15.8 Å². The van der Waals surface area contributed by atoms with Crippen molar-refractivity contribution in [2.75, 3.05) is 70.5 Å². The van der Waals surface area contributed by atoms with Crippen molar-refractivity contribution >= 4 is 66.5 Å². The van der Waals surface area contributed by atoms with Crippen molar-refractivity contribution in [2.24, 2.45) is 5.41 Å². The molecule has 6 aromatic rings. The number of hydrogen-bond acceptors (Lipinski definition) is 12. The number of carbonyl (C=O) groups excluding carboxylic acids is 1. The summed E-state index contributed by atoms with van der Waals surface area (Å²) in [7, 11) is -4.69. The Balaban J connectivity index is 0.879. The van der Waals surface area contributed by atoms with E-state index in [0.717, 1.165) is 79.6 Å². The molecular weight excluding hydrogens is 925 g/mol. The monoisotopic (exact) mass is 979 g/mol. The fourth-order valence-electron chi connectivity index (χ4n) is 10.2. The number of ether oxygens (including phenoxy) is 2. The predicted molar refractivity (Wildman–Crippen MR) is 262 cm³/mol. The molecule has 0 bridgehead atoms. The SMILES string of the molecule is CC1(C)CCC(CN2CCN(c3ccc(C(=O)NS(=O)(=O)c4ccc(OCC5(F)CCN(C6CCOC6)CC5)c([N+](=O)[O-])c4)c(-n4ncc5nc6[nH]ccc6cc54)c3)CC2)=C(c2ccc(Cl)cc2)C1. The molecule has 6 heterocycles. The Kier molecular flexibility index (Phi) is 12.7. The standard InChI is InChI=1S/C50H55ClFN9O7S/c1-49(2)14-11-35(41(28-49)33-3-5-36(51)6-4-33)30-57-20-22-59(23-21-57)37-7-9-40(43(26-37)60-44-25-34-12-17-53-47(34)55-42(44)29-54-60)48(62)56-69(65,66)39-8-10-46(45(27-39)61(63)64)68-32-50(52)15-18-58(19-16-50)38-13-24-67-31-38/h3-10,12,17,25-27,29,38H,11,13-16,18-24,28,30-32H2,1-2H3,(H,53,55)(H,56,62). The normalized spacial score (nSPS) is 20.2. The van der Waals surface area contributed by atoms with Gasteiger partial charge >= 0.3 is 5.69 Å². The number of halogens is 2. The summed E-state index contributed by atoms with van der Waals surface area (Å²) in [5.41, 5.74) is 4.83. The molecule has 1 unspecified atom stereocenters. The van der Waals surface area contributed by atoms with Gasteiger partial charge in [-0.1, -0.05) is 43.2 Å². The number of rotatable bonds is 13. The number of sulfonamides is 1. The van der Waals surface area contributed by atoms with Gasteiger partial charge in [-0.25, -0.2) is 27.2 Å². The van der Waals surface area contributed by atoms with Crippen LogP contribution in [0.5, 0.6) is 5.75 Å². The highest BCUT2D eigenvalue weighted by molar-refractivity contribution is 7.90. The van der Waals surface area contributed by atoms with Gasteiger partial charge in [0.25, 0.3) is 15.9 Å². The number of aromatic nitrogens is 4. The number of amides is 1. The molecule has 19 heteroatoms. The second kappa shape index (κ2) is 18.8. The van der Waals surface area contributed by atoms with E-state index in [-0.39, 0.29) is 35.6 Å². The first-order chi connectivity index (χ1) is 33.1. The van der Waals surface area contributed by atoms with Crippen molar-refractivity contribution in [3.05, 3.63) is 117 Å². The van der Waals surface area contributed by atoms with E-state index in [1.54, 1.807) is 29.2 Å². The average molecular weight is 981 g/mol. The van der Waals surface area contributed by atoms with Crippen LogP contribution in [-0.4, -0.2) is 126 Å². The maximum atomic E-state index is 15.9. The van der Waals surface area contributed by atoms with Crippen LogP contribution >= 0.6 is 11.6 Å². The predicted octanol–water partition coefficient (Wildman–Crippen LogP) is 8.34. The van der Waals surface area contributed by atoms with Gasteiger partial charge < -0.3 is 19.4 Å². The van der Waals surface area contributed by atoms with Crippen LogP contribution in [0.2, 0.25) is 5.02 Å². The van der Waals surface area contributed by atoms with Gasteiger partial charge in [0.2, 0.25) is 0 Å². The number of likely N-dealkylation sites (tertiary alicyclic amines) is 1. The number of pyridine rings is 1. The van der Waals surface area contributed by atoms with E-state index in [9.17, 15) is 23.3 Å². The van der Waals surface area contributed by atoms with Crippen LogP contribution in [0.15, 0.2) is 95.7 Å². The maximum absolute atomic E-state index is 15.9. The molecule has 3 saturated heterocycles. The summed E-state index contributed by atoms with van der Waals surface area (Å²) in [6, 6.07) is 20.4. The number of benzene rings is 3. The third-order valence-electron chi connectivity index (χ3n) is 14.3. The highest BCUT2D eigenvalue weighted by Crippen LogP contribution is 2.44. The van der Waals surface area contributed by atoms with Gasteiger partial charge in [-0.05, 0) is 110 Å². The molecule has 0 saturated carbocycles. The van der Waals surface area contributed by atoms with Gasteiger partial charge in [0.15, 0.2) is 5.75 Å². The Morgan fingerprint density at radius 1 is 1.01 bits per heavy atom. The molecule has 10 rings (SSSR count). The van der Waals surface area contributed by atoms with Crippen LogP contribution in [0.25, 0.3) is 33.3 Å². The number of piperazine rings is 1. The average Bonchev–Trinajstić information content (AvgIpc) is 4.13. The molecule has 3 fully saturated rings. The van der Waals surface area contributed by atoms with E-state index >= 15 is 4.39 Å². The van der Waals surface area contributed by atoms with E-state index in [1.165, 1.54) is 16.7 Å². The number of alkyl halides is 1. The molecule has 3 aliphatic heterocycles. The van der Waals surface area contributed by atoms with Gasteiger partial charge in [-0.3, -0.25) is 24.7 Å². The van der Waals surface area contributed by atoms with Gasteiger partial charge in [-0.15, -0.1) is 0 Å². The Bertz CT molecular complexity index is 3060. The number of nitro groups is 1. The Labute approximate surface area is 404 Å². The first-order valence-electron chi connectivity index (χ1n) is 23.5. The molecule has 69 heavy (non-hydrogen) atoms. The number of nitro benzene ring substituents is 1. The second-order valence-electron chi connectivity index (χ2n) is 19.6. The molecule has 4 aliphatic rings. The largest absolute Gasteiger partial charge is 0.483 e. The summed E-state index contributed by atoms with van der Waals surface area (Å²) in [6.07, 6.45) is 7.78. The van der Waals surface area contributed by atoms with E-state index in [2.05, 4.69) is 55.5 Å². The van der Waals surface area contributed by atoms with Crippen LogP contribution in [0, 0.1) is 15.5 Å². The van der Waals surface area contributed by atoms with Crippen molar-refractivity contribution in [2.45, 2.75) is 69.0 Å². The number of fused-ring (bicyclic) bond motifs is 2. The van der Waals surface area contributed by atoms with Crippen LogP contribution in [0.3, 0.4) is 0 Å². The van der Waals surface area contributed by atoms with Gasteiger partial charge in [0, 0.05) is 86.8 Å². The lowest BCUT2D eigenvalue weighted by atomic mass is 9.72. The summed E-state index contributed by atoms with van der Waals surface area (Å²) >= 11 is 6.26. The lowest BCUT2D eigenvalue weighted by Crippen LogP contribution is -2.48. The molecule has 3 aromatic carbocycles. The summed E-state index contributed by atoms with van der Waals surface area (Å²) in [6.45, 7) is 10.4. The molecule has 16 nitrogen and oxygen atoms in total. The van der Waals surface area contributed by atoms with Crippen molar-refractivity contribution < 1.29 is 32.0 Å². The summed E-state index contributed by atoms with van der Waals surface area (Å²) in [5, 5.41) is 18.5. The molecule has 2 N–H and O–H groups in total. The number of hydrogen-bond donors (Lipinski definition) is 2. The van der Waals surface area contributed by atoms with Gasteiger partial charge in [0.1, 0.15) is 23.4 Å². The topological polar surface area (TPSA) is 181 Å². The second-order valence-corrected chi connectivity index (χ2v) is 21.7. The highest BCUT2D eigenvalue weighted by atomic mass is 35.5. The lowest BCUT2D eigenvalue weighted by molar-refractivity contribution is -0.386. The zero-order valence-electron chi connectivity index (χ0n) is 38.6. The first kappa shape index (κ1) is 46.8. The third-order valence-corrected chi connectivity index (χ3v) is 15.9. The first-order valence-corrected chi connectivity index (χ1v) is 25.4. The molecule has 1 atom stereocenters. The summed E-state index contributed by atoms with van der Waals surface area (Å²) in [4.78, 5) is 40.0. The van der Waals surface area contributed by atoms with E-state index in [4.69, 9.17) is 26.1 Å². The molecular formula is C50H55ClFN9O7S. The van der Waals surface area contributed by atoms with Crippen molar-refractivity contribution in [1.82, 2.24) is 34.3 Å². The Morgan fingerprint density at radius 3 is 2.54 bits per heavy atom. The molecule has 0 radical (unpaired) electrons. The maximum Gasteiger partial charge on any atom is 0.312 e. The summed E-state index contributed by atoms with van der Waals surface area (Å²) in [5.74, 6) is -1.25. The number of nitrogens with one attached hydrogen (secondary N) is 2. The van der Waals surface area contributed by atoms with Crippen LogP contribution < -0.4 is 14.4 Å². The highest BCUT2D eigenvalue weighted by Gasteiger charge is 2.39. The molecule has 1 aliphatic carbocycles. The molecule has 362 valence electrons. The van der Waals surface area contributed by atoms with Gasteiger partial charge in [0.05, 0.1) is 39.4 Å². The number of anilines is 1. The number of nitrogens with zero attached hydrogens (tertiary/aromatic N) is 7. The minimum absolute atomic E-state index is 0.00350. The molecule has 1 amide bonds. The van der Waals surface area contributed by atoms with Crippen molar-refractivity contribution in [1.29, 1.82) is 0 Å². The van der Waals surface area contributed by atoms with Crippen LogP contribution in [-0.2, 0) is 14.8 Å². The smallest absolute Gasteiger partial charge is 0.312 e. The number of aromatic amines is 1. The van der Waals surface area contributed by atoms with E-state index < -0.39 is 43.7 Å². The number of piperidine rings is 1. The quantitative estimate of drug-likeness (QED) is 0.0836. The molecule has 3 aromatic heterocycles.